The second-order valence-electron chi connectivity index (χ2n) is 5.62. The van der Waals surface area contributed by atoms with Gasteiger partial charge in [-0.25, -0.2) is 0 Å². The fraction of sp³-hybridized carbons (Fsp3) is 0.500. The van der Waals surface area contributed by atoms with Gasteiger partial charge in [-0.05, 0) is 38.8 Å². The Bertz CT molecular complexity index is 573. The average molecular weight is 245 g/mol. The molecule has 1 fully saturated rings. The summed E-state index contributed by atoms with van der Waals surface area (Å²) < 4.78 is 7.98. The molecular formula is C14H19N3O. The van der Waals surface area contributed by atoms with Gasteiger partial charge in [-0.15, -0.1) is 0 Å². The molecule has 2 N–H and O–H groups in total. The van der Waals surface area contributed by atoms with Crippen molar-refractivity contribution in [2.75, 3.05) is 5.73 Å². The summed E-state index contributed by atoms with van der Waals surface area (Å²) in [4.78, 5) is 0. The number of benzene rings is 1. The number of anilines is 1. The average Bonchev–Trinajstić information content (AvgIpc) is 2.82. The number of hydrogen-bond acceptors (Lipinski definition) is 3. The fourth-order valence-corrected chi connectivity index (χ4v) is 2.69. The molecule has 1 atom stereocenters. The highest BCUT2D eigenvalue weighted by molar-refractivity contribution is 5.88. The van der Waals surface area contributed by atoms with Crippen molar-refractivity contribution in [3.63, 3.8) is 0 Å². The lowest BCUT2D eigenvalue weighted by Gasteiger charge is -2.19. The molecule has 2 heterocycles. The first-order chi connectivity index (χ1) is 8.55. The number of hydrogen-bond donors (Lipinski definition) is 1. The van der Waals surface area contributed by atoms with Crippen LogP contribution in [0.3, 0.4) is 0 Å². The minimum Gasteiger partial charge on any atom is -0.382 e. The second kappa shape index (κ2) is 3.99. The summed E-state index contributed by atoms with van der Waals surface area (Å²) in [7, 11) is 0. The van der Waals surface area contributed by atoms with E-state index in [2.05, 4.69) is 25.0 Å². The molecular weight excluding hydrogens is 226 g/mol. The molecule has 0 radical (unpaired) electrons. The number of fused-ring (bicyclic) bond motifs is 1. The zero-order chi connectivity index (χ0) is 12.8. The number of aromatic nitrogens is 2. The Kier molecular flexibility index (Phi) is 2.55. The molecule has 0 saturated carbocycles. The Hall–Kier alpha value is -1.55. The molecule has 1 aromatic carbocycles. The van der Waals surface area contributed by atoms with E-state index in [4.69, 9.17) is 10.5 Å². The maximum Gasteiger partial charge on any atom is 0.153 e. The summed E-state index contributed by atoms with van der Waals surface area (Å²) in [5, 5.41) is 5.44. The standard InChI is InChI=1S/C14H19N3O/c1-14(2)8-7-10(18-14)9-17-12-6-4-3-5-11(12)13(15)16-17/h3-6,10H,7-9H2,1-2H3,(H2,15,16). The molecule has 0 spiro atoms. The van der Waals surface area contributed by atoms with Crippen LogP contribution < -0.4 is 5.73 Å². The first-order valence-electron chi connectivity index (χ1n) is 6.44. The molecule has 1 aromatic heterocycles. The maximum absolute atomic E-state index is 6.01. The molecule has 96 valence electrons. The van der Waals surface area contributed by atoms with Gasteiger partial charge in [0.25, 0.3) is 0 Å². The number of nitrogens with zero attached hydrogens (tertiary/aromatic N) is 2. The highest BCUT2D eigenvalue weighted by atomic mass is 16.5. The van der Waals surface area contributed by atoms with Crippen LogP contribution in [0.1, 0.15) is 26.7 Å². The minimum atomic E-state index is -0.000826. The first kappa shape index (κ1) is 11.5. The third-order valence-corrected chi connectivity index (χ3v) is 3.62. The van der Waals surface area contributed by atoms with E-state index in [-0.39, 0.29) is 11.7 Å². The number of ether oxygens (including phenoxy) is 1. The molecule has 1 aliphatic rings. The molecule has 1 unspecified atom stereocenters. The van der Waals surface area contributed by atoms with Crippen LogP contribution in [0.5, 0.6) is 0 Å². The molecule has 0 bridgehead atoms. The van der Waals surface area contributed by atoms with Crippen molar-refractivity contribution in [2.24, 2.45) is 0 Å². The summed E-state index contributed by atoms with van der Waals surface area (Å²) in [5.74, 6) is 0.600. The van der Waals surface area contributed by atoms with Gasteiger partial charge in [-0.2, -0.15) is 5.10 Å². The highest BCUT2D eigenvalue weighted by Gasteiger charge is 2.32. The van der Waals surface area contributed by atoms with E-state index in [1.807, 2.05) is 22.9 Å². The van der Waals surface area contributed by atoms with Crippen molar-refractivity contribution in [2.45, 2.75) is 44.9 Å². The van der Waals surface area contributed by atoms with Crippen LogP contribution in [0.2, 0.25) is 0 Å². The smallest absolute Gasteiger partial charge is 0.153 e. The van der Waals surface area contributed by atoms with Crippen LogP contribution in [0.4, 0.5) is 5.82 Å². The van der Waals surface area contributed by atoms with E-state index < -0.39 is 0 Å². The summed E-state index contributed by atoms with van der Waals surface area (Å²) in [5.41, 5.74) is 7.02. The van der Waals surface area contributed by atoms with Gasteiger partial charge in [-0.1, -0.05) is 12.1 Å². The van der Waals surface area contributed by atoms with E-state index >= 15 is 0 Å². The van der Waals surface area contributed by atoms with Crippen molar-refractivity contribution in [3.05, 3.63) is 24.3 Å². The van der Waals surface area contributed by atoms with Crippen LogP contribution in [-0.2, 0) is 11.3 Å². The Balaban J connectivity index is 1.87. The van der Waals surface area contributed by atoms with Gasteiger partial charge in [0.1, 0.15) is 0 Å². The molecule has 1 saturated heterocycles. The lowest BCUT2D eigenvalue weighted by Crippen LogP contribution is -2.23. The highest BCUT2D eigenvalue weighted by Crippen LogP contribution is 2.31. The molecule has 0 amide bonds. The summed E-state index contributed by atoms with van der Waals surface area (Å²) >= 11 is 0. The molecule has 0 aliphatic carbocycles. The van der Waals surface area contributed by atoms with Gasteiger partial charge >= 0.3 is 0 Å². The van der Waals surface area contributed by atoms with E-state index in [0.717, 1.165) is 30.3 Å². The van der Waals surface area contributed by atoms with Gasteiger partial charge in [0.15, 0.2) is 5.82 Å². The number of nitrogens with two attached hydrogens (primary N) is 1. The lowest BCUT2D eigenvalue weighted by molar-refractivity contribution is -0.0224. The molecule has 4 heteroatoms. The number of para-hydroxylation sites is 1. The van der Waals surface area contributed by atoms with Crippen molar-refractivity contribution in [1.29, 1.82) is 0 Å². The first-order valence-corrected chi connectivity index (χ1v) is 6.44. The monoisotopic (exact) mass is 245 g/mol. The lowest BCUT2D eigenvalue weighted by atomic mass is 10.1. The normalized spacial score (nSPS) is 22.7. The zero-order valence-electron chi connectivity index (χ0n) is 10.9. The zero-order valence-corrected chi connectivity index (χ0v) is 10.9. The summed E-state index contributed by atoms with van der Waals surface area (Å²) in [6, 6.07) is 8.06. The molecule has 18 heavy (non-hydrogen) atoms. The van der Waals surface area contributed by atoms with Crippen LogP contribution >= 0.6 is 0 Å². The van der Waals surface area contributed by atoms with E-state index in [1.165, 1.54) is 0 Å². The maximum atomic E-state index is 6.01. The van der Waals surface area contributed by atoms with Crippen LogP contribution in [0, 0.1) is 0 Å². The number of rotatable bonds is 2. The van der Waals surface area contributed by atoms with Gasteiger partial charge in [-0.3, -0.25) is 4.68 Å². The van der Waals surface area contributed by atoms with Gasteiger partial charge in [0.2, 0.25) is 0 Å². The topological polar surface area (TPSA) is 53.1 Å². The van der Waals surface area contributed by atoms with Crippen molar-refractivity contribution >= 4 is 16.7 Å². The van der Waals surface area contributed by atoms with Crippen LogP contribution in [0.25, 0.3) is 10.9 Å². The van der Waals surface area contributed by atoms with Gasteiger partial charge in [0.05, 0.1) is 23.8 Å². The third kappa shape index (κ3) is 1.97. The van der Waals surface area contributed by atoms with Gasteiger partial charge < -0.3 is 10.5 Å². The Morgan fingerprint density at radius 2 is 2.22 bits per heavy atom. The summed E-state index contributed by atoms with van der Waals surface area (Å²) in [6.07, 6.45) is 2.43. The molecule has 1 aliphatic heterocycles. The second-order valence-corrected chi connectivity index (χ2v) is 5.62. The predicted octanol–water partition coefficient (Wildman–Crippen LogP) is 2.58. The summed E-state index contributed by atoms with van der Waals surface area (Å²) in [6.45, 7) is 5.06. The quantitative estimate of drug-likeness (QED) is 0.884. The van der Waals surface area contributed by atoms with Gasteiger partial charge in [0, 0.05) is 5.39 Å². The van der Waals surface area contributed by atoms with E-state index in [9.17, 15) is 0 Å². The van der Waals surface area contributed by atoms with Crippen LogP contribution in [0.15, 0.2) is 24.3 Å². The number of nitrogen functional groups attached to an aromatic ring is 1. The fourth-order valence-electron chi connectivity index (χ4n) is 2.69. The molecule has 3 rings (SSSR count). The Morgan fingerprint density at radius 3 is 2.94 bits per heavy atom. The SMILES string of the molecule is CC1(C)CCC(Cn2nc(N)c3ccccc32)O1. The van der Waals surface area contributed by atoms with Crippen LogP contribution in [-0.4, -0.2) is 21.5 Å². The largest absolute Gasteiger partial charge is 0.382 e. The van der Waals surface area contributed by atoms with Crippen molar-refractivity contribution in [1.82, 2.24) is 9.78 Å². The third-order valence-electron chi connectivity index (χ3n) is 3.62. The Morgan fingerprint density at radius 1 is 1.44 bits per heavy atom. The molecule has 4 nitrogen and oxygen atoms in total. The van der Waals surface area contributed by atoms with Crippen molar-refractivity contribution in [3.8, 4) is 0 Å². The Labute approximate surface area is 107 Å². The minimum absolute atomic E-state index is 0.000826. The van der Waals surface area contributed by atoms with Crippen molar-refractivity contribution < 1.29 is 4.74 Å². The predicted molar refractivity (Wildman–Crippen MR) is 72.3 cm³/mol. The van der Waals surface area contributed by atoms with E-state index in [0.29, 0.717) is 5.82 Å². The van der Waals surface area contributed by atoms with E-state index in [1.54, 1.807) is 0 Å². The molecule has 2 aromatic rings.